The lowest BCUT2D eigenvalue weighted by molar-refractivity contribution is -0.274. The summed E-state index contributed by atoms with van der Waals surface area (Å²) < 4.78 is 89.5. The quantitative estimate of drug-likeness (QED) is 0.456. The first-order valence-electron chi connectivity index (χ1n) is 11.3. The maximum atomic E-state index is 14.2. The predicted molar refractivity (Wildman–Crippen MR) is 124 cm³/mol. The molecule has 2 aliphatic rings. The number of rotatable bonds is 5. The van der Waals surface area contributed by atoms with Gasteiger partial charge in [0.15, 0.2) is 17.3 Å². The van der Waals surface area contributed by atoms with Crippen LogP contribution in [0.5, 0.6) is 17.2 Å². The van der Waals surface area contributed by atoms with Gasteiger partial charge in [0.05, 0.1) is 28.8 Å². The number of nitrogens with one attached hydrogen (secondary N) is 1. The van der Waals surface area contributed by atoms with Crippen molar-refractivity contribution >= 4 is 21.5 Å². The first-order valence-corrected chi connectivity index (χ1v) is 12.8. The summed E-state index contributed by atoms with van der Waals surface area (Å²) in [4.78, 5) is 5.73. The number of alkyl halides is 3. The Bertz CT molecular complexity index is 1400. The second kappa shape index (κ2) is 9.47. The fourth-order valence-electron chi connectivity index (χ4n) is 4.63. The van der Waals surface area contributed by atoms with E-state index in [4.69, 9.17) is 4.74 Å². The molecule has 0 radical (unpaired) electrons. The second-order valence-electron chi connectivity index (χ2n) is 8.65. The van der Waals surface area contributed by atoms with Gasteiger partial charge in [-0.1, -0.05) is 0 Å². The minimum atomic E-state index is -4.91. The molecule has 0 amide bonds. The van der Waals surface area contributed by atoms with Gasteiger partial charge in [0.1, 0.15) is 11.6 Å². The monoisotopic (exact) mass is 539 g/mol. The van der Waals surface area contributed by atoms with Crippen LogP contribution in [-0.2, 0) is 10.0 Å². The summed E-state index contributed by atoms with van der Waals surface area (Å²) in [6.07, 6.45) is -3.33. The van der Waals surface area contributed by atoms with Crippen LogP contribution in [0.3, 0.4) is 0 Å². The van der Waals surface area contributed by atoms with Crippen LogP contribution < -0.4 is 19.1 Å². The van der Waals surface area contributed by atoms with Gasteiger partial charge in [-0.3, -0.25) is 0 Å². The average molecular weight is 540 g/mol. The number of hydrogen-bond donors (Lipinski definition) is 2. The van der Waals surface area contributed by atoms with Gasteiger partial charge < -0.3 is 19.5 Å². The fourth-order valence-corrected chi connectivity index (χ4v) is 5.92. The number of aliphatic hydroxyl groups is 1. The summed E-state index contributed by atoms with van der Waals surface area (Å²) in [5, 5.41) is 11.3. The van der Waals surface area contributed by atoms with Gasteiger partial charge in [-0.25, -0.2) is 22.5 Å². The average Bonchev–Trinajstić information content (AvgIpc) is 2.83. The van der Waals surface area contributed by atoms with Crippen molar-refractivity contribution in [1.29, 1.82) is 0 Å². The Kier molecular flexibility index (Phi) is 6.46. The molecule has 0 spiro atoms. The molecule has 1 saturated carbocycles. The number of pyridine rings is 1. The van der Waals surface area contributed by atoms with Crippen molar-refractivity contribution in [3.8, 4) is 17.2 Å². The van der Waals surface area contributed by atoms with E-state index in [0.717, 1.165) is 24.3 Å². The Morgan fingerprint density at radius 1 is 1.08 bits per heavy atom. The third kappa shape index (κ3) is 5.20. The predicted octanol–water partition coefficient (Wildman–Crippen LogP) is 4.62. The van der Waals surface area contributed by atoms with Crippen LogP contribution in [0.1, 0.15) is 19.3 Å². The highest BCUT2D eigenvalue weighted by atomic mass is 32.2. The Morgan fingerprint density at radius 2 is 1.84 bits per heavy atom. The summed E-state index contributed by atoms with van der Waals surface area (Å²) in [6, 6.07) is 9.48. The zero-order valence-corrected chi connectivity index (χ0v) is 19.8. The molecule has 13 heteroatoms. The maximum absolute atomic E-state index is 14.2. The van der Waals surface area contributed by atoms with Gasteiger partial charge in [0, 0.05) is 12.3 Å². The maximum Gasteiger partial charge on any atom is 0.573 e. The molecule has 0 bridgehead atoms. The summed E-state index contributed by atoms with van der Waals surface area (Å²) >= 11 is 0. The molecule has 2 N–H and O–H groups in total. The van der Waals surface area contributed by atoms with E-state index in [1.807, 2.05) is 0 Å². The van der Waals surface area contributed by atoms with Crippen molar-refractivity contribution in [2.24, 2.45) is 0 Å². The number of fused-ring (bicyclic) bond motifs is 2. The van der Waals surface area contributed by atoms with Crippen molar-refractivity contribution in [2.75, 3.05) is 4.90 Å². The Morgan fingerprint density at radius 3 is 2.57 bits per heavy atom. The van der Waals surface area contributed by atoms with Crippen molar-refractivity contribution in [3.63, 3.8) is 0 Å². The lowest BCUT2D eigenvalue weighted by atomic mass is 9.87. The highest BCUT2D eigenvalue weighted by molar-refractivity contribution is 7.89. The van der Waals surface area contributed by atoms with Gasteiger partial charge >= 0.3 is 6.36 Å². The summed E-state index contributed by atoms with van der Waals surface area (Å²) in [5.41, 5.74) is 0.346. The zero-order valence-electron chi connectivity index (χ0n) is 19.0. The first-order chi connectivity index (χ1) is 17.5. The molecule has 196 valence electrons. The number of aromatic nitrogens is 1. The molecule has 2 aromatic carbocycles. The van der Waals surface area contributed by atoms with Crippen LogP contribution in [0.4, 0.5) is 29.1 Å². The summed E-state index contributed by atoms with van der Waals surface area (Å²) in [7, 11) is -4.20. The van der Waals surface area contributed by atoms with Crippen molar-refractivity contribution < 1.29 is 40.6 Å². The minimum Gasteiger partial charge on any atom is -0.451 e. The SMILES string of the molecule is O=S(=O)(NC1CCCC(N2c3cc(F)ccc3Oc3cccnc32)[C@H]1O)c1ccc(OC(F)(F)F)cc1. The molecule has 8 nitrogen and oxygen atoms in total. The smallest absolute Gasteiger partial charge is 0.451 e. The molecule has 0 saturated heterocycles. The van der Waals surface area contributed by atoms with Gasteiger partial charge in [0.2, 0.25) is 10.0 Å². The molecule has 1 fully saturated rings. The molecule has 2 unspecified atom stereocenters. The lowest BCUT2D eigenvalue weighted by Gasteiger charge is -2.44. The van der Waals surface area contributed by atoms with Crippen molar-refractivity contribution in [3.05, 3.63) is 66.6 Å². The molecule has 1 aliphatic heterocycles. The number of nitrogens with zero attached hydrogens (tertiary/aromatic N) is 2. The van der Waals surface area contributed by atoms with Gasteiger partial charge in [-0.2, -0.15) is 0 Å². The van der Waals surface area contributed by atoms with Crippen LogP contribution in [-0.4, -0.2) is 43.1 Å². The third-order valence-corrected chi connectivity index (χ3v) is 7.71. The van der Waals surface area contributed by atoms with E-state index in [9.17, 15) is 31.1 Å². The van der Waals surface area contributed by atoms with E-state index in [1.165, 1.54) is 24.4 Å². The van der Waals surface area contributed by atoms with E-state index in [2.05, 4.69) is 14.4 Å². The molecule has 1 aliphatic carbocycles. The van der Waals surface area contributed by atoms with Crippen LogP contribution >= 0.6 is 0 Å². The normalized spacial score (nSPS) is 21.5. The Balaban J connectivity index is 1.41. The molecule has 1 aromatic heterocycles. The molecule has 5 rings (SSSR count). The summed E-state index contributed by atoms with van der Waals surface area (Å²) in [6.45, 7) is 0. The Hall–Kier alpha value is -3.42. The molecule has 2 heterocycles. The molecular formula is C24H21F4N3O5S. The molecule has 37 heavy (non-hydrogen) atoms. The lowest BCUT2D eigenvalue weighted by Crippen LogP contribution is -2.56. The van der Waals surface area contributed by atoms with E-state index in [0.29, 0.717) is 42.3 Å². The minimum absolute atomic E-state index is 0.290. The van der Waals surface area contributed by atoms with Gasteiger partial charge in [-0.05, 0) is 67.8 Å². The topological polar surface area (TPSA) is 101 Å². The van der Waals surface area contributed by atoms with E-state index >= 15 is 0 Å². The summed E-state index contributed by atoms with van der Waals surface area (Å²) in [5.74, 6) is 0.0323. The number of aliphatic hydroxyl groups excluding tert-OH is 1. The third-order valence-electron chi connectivity index (χ3n) is 6.21. The number of hydrogen-bond acceptors (Lipinski definition) is 7. The van der Waals surface area contributed by atoms with Crippen LogP contribution in [0.2, 0.25) is 0 Å². The van der Waals surface area contributed by atoms with Gasteiger partial charge in [-0.15, -0.1) is 13.2 Å². The van der Waals surface area contributed by atoms with E-state index in [1.54, 1.807) is 17.0 Å². The second-order valence-corrected chi connectivity index (χ2v) is 10.4. The van der Waals surface area contributed by atoms with E-state index < -0.39 is 46.1 Å². The number of halogens is 4. The van der Waals surface area contributed by atoms with Gasteiger partial charge in [0.25, 0.3) is 0 Å². The fraction of sp³-hybridized carbons (Fsp3) is 0.292. The van der Waals surface area contributed by atoms with Crippen LogP contribution in [0, 0.1) is 5.82 Å². The number of anilines is 2. The van der Waals surface area contributed by atoms with Crippen LogP contribution in [0.15, 0.2) is 65.7 Å². The first kappa shape index (κ1) is 25.2. The van der Waals surface area contributed by atoms with Crippen molar-refractivity contribution in [1.82, 2.24) is 9.71 Å². The van der Waals surface area contributed by atoms with E-state index in [-0.39, 0.29) is 4.90 Å². The molecule has 3 aromatic rings. The zero-order chi connectivity index (χ0) is 26.4. The molecular weight excluding hydrogens is 518 g/mol. The van der Waals surface area contributed by atoms with Crippen LogP contribution in [0.25, 0.3) is 0 Å². The standard InChI is InChI=1S/C24H21F4N3O5S/c25-14-6-11-20-19(13-14)31(23-21(35-20)5-2-12-29-23)18-4-1-3-17(22(18)32)30-37(33,34)16-9-7-15(8-10-16)36-24(26,27)28/h2,5-13,17-18,22,30,32H,1,3-4H2/t17?,18?,22-/m0/s1. The number of sulfonamides is 1. The highest BCUT2D eigenvalue weighted by Gasteiger charge is 2.42. The molecule has 3 atom stereocenters. The van der Waals surface area contributed by atoms with Crippen molar-refractivity contribution in [2.45, 2.75) is 48.7 Å². The largest absolute Gasteiger partial charge is 0.573 e. The highest BCUT2D eigenvalue weighted by Crippen LogP contribution is 2.48. The number of ether oxygens (including phenoxy) is 2. The number of benzene rings is 2. The Labute approximate surface area is 209 Å².